The molecule has 0 atom stereocenters. The number of halogens is 1. The van der Waals surface area contributed by atoms with Crippen LogP contribution in [-0.2, 0) is 10.2 Å². The minimum absolute atomic E-state index is 0.382. The monoisotopic (exact) mass is 123 g/mol. The fourth-order valence-electron chi connectivity index (χ4n) is 0.115. The summed E-state index contributed by atoms with van der Waals surface area (Å²) in [7, 11) is -4.42. The van der Waals surface area contributed by atoms with E-state index in [0.29, 0.717) is 5.75 Å². The van der Waals surface area contributed by atoms with E-state index < -0.39 is 10.2 Å². The van der Waals surface area contributed by atoms with Crippen molar-refractivity contribution in [2.75, 3.05) is 0 Å². The third-order valence-corrected chi connectivity index (χ3v) is 0.776. The summed E-state index contributed by atoms with van der Waals surface area (Å²) in [6, 6.07) is 0. The van der Waals surface area contributed by atoms with Crippen LogP contribution in [0.15, 0.2) is 12.7 Å². The van der Waals surface area contributed by atoms with Gasteiger partial charge in [0, 0.05) is 0 Å². The van der Waals surface area contributed by atoms with Gasteiger partial charge in [-0.15, -0.1) is 10.5 Å². The molecule has 0 aromatic heterocycles. The molecule has 0 bridgehead atoms. The van der Waals surface area contributed by atoms with Gasteiger partial charge in [0.05, 0.1) is 0 Å². The highest BCUT2D eigenvalue weighted by molar-refractivity contribution is 7.88. The lowest BCUT2D eigenvalue weighted by Crippen LogP contribution is -1.84. The Kier molecular flexibility index (Phi) is 1.95. The highest BCUT2D eigenvalue weighted by Crippen LogP contribution is 1.94. The van der Waals surface area contributed by atoms with Gasteiger partial charge in [0.2, 0.25) is 0 Å². The molecular formula is C3H4FO2S. The van der Waals surface area contributed by atoms with Gasteiger partial charge in [0.25, 0.3) is 0 Å². The molecule has 0 aliphatic rings. The summed E-state index contributed by atoms with van der Waals surface area (Å²) in [5.41, 5.74) is 0. The third kappa shape index (κ3) is 5.62. The molecule has 1 radical (unpaired) electrons. The number of rotatable bonds is 2. The molecule has 0 saturated carbocycles. The van der Waals surface area contributed by atoms with Crippen LogP contribution in [0.2, 0.25) is 0 Å². The van der Waals surface area contributed by atoms with Gasteiger partial charge in [-0.1, -0.05) is 6.08 Å². The Balaban J connectivity index is 3.84. The van der Waals surface area contributed by atoms with Crippen molar-refractivity contribution in [2.24, 2.45) is 0 Å². The summed E-state index contributed by atoms with van der Waals surface area (Å²) in [5.74, 6) is 0.382. The fraction of sp³-hybridized carbons (Fsp3) is 0. The van der Waals surface area contributed by atoms with Gasteiger partial charge >= 0.3 is 10.2 Å². The van der Waals surface area contributed by atoms with Crippen LogP contribution in [0.25, 0.3) is 0 Å². The molecule has 0 heterocycles. The average Bonchev–Trinajstić information content (AvgIpc) is 1.30. The quantitative estimate of drug-likeness (QED) is 0.505. The molecular weight excluding hydrogens is 119 g/mol. The smallest absolute Gasteiger partial charge is 0.194 e. The summed E-state index contributed by atoms with van der Waals surface area (Å²) in [6.45, 7) is 2.97. The maximum Gasteiger partial charge on any atom is 0.310 e. The molecule has 0 aliphatic carbocycles. The van der Waals surface area contributed by atoms with Crippen LogP contribution in [0.4, 0.5) is 3.89 Å². The van der Waals surface area contributed by atoms with Gasteiger partial charge in [-0.05, 0) is 0 Å². The van der Waals surface area contributed by atoms with E-state index in [1.165, 1.54) is 0 Å². The summed E-state index contributed by atoms with van der Waals surface area (Å²) in [5, 5.41) is 0. The van der Waals surface area contributed by atoms with Crippen LogP contribution in [-0.4, -0.2) is 8.42 Å². The van der Waals surface area contributed by atoms with Crippen molar-refractivity contribution in [3.8, 4) is 0 Å². The molecule has 7 heavy (non-hydrogen) atoms. The van der Waals surface area contributed by atoms with Crippen LogP contribution in [0.5, 0.6) is 0 Å². The molecule has 0 amide bonds. The van der Waals surface area contributed by atoms with Gasteiger partial charge in [-0.2, -0.15) is 8.42 Å². The normalized spacial score (nSPS) is 11.0. The van der Waals surface area contributed by atoms with Crippen molar-refractivity contribution in [1.82, 2.24) is 0 Å². The molecule has 0 N–H and O–H groups in total. The fourth-order valence-corrected chi connectivity index (χ4v) is 0.345. The van der Waals surface area contributed by atoms with Crippen molar-refractivity contribution in [1.29, 1.82) is 0 Å². The molecule has 0 fully saturated rings. The summed E-state index contributed by atoms with van der Waals surface area (Å²) in [6.07, 6.45) is 0.870. The molecule has 4 heteroatoms. The second kappa shape index (κ2) is 2.07. The van der Waals surface area contributed by atoms with Crippen LogP contribution in [0, 0.1) is 5.75 Å². The second-order valence-corrected chi connectivity index (χ2v) is 2.07. The SMILES string of the molecule is C=C[CH]S(=O)(=O)F. The van der Waals surface area contributed by atoms with E-state index in [9.17, 15) is 12.3 Å². The molecule has 0 aliphatic heterocycles. The molecule has 0 spiro atoms. The zero-order valence-corrected chi connectivity index (χ0v) is 4.28. The van der Waals surface area contributed by atoms with E-state index in [-0.39, 0.29) is 0 Å². The molecule has 0 rings (SSSR count). The van der Waals surface area contributed by atoms with Crippen LogP contribution in [0.3, 0.4) is 0 Å². The molecule has 41 valence electrons. The van der Waals surface area contributed by atoms with Gasteiger partial charge in [-0.3, -0.25) is 0 Å². The van der Waals surface area contributed by atoms with Crippen molar-refractivity contribution in [2.45, 2.75) is 0 Å². The number of hydrogen-bond donors (Lipinski definition) is 0. The van der Waals surface area contributed by atoms with Crippen molar-refractivity contribution >= 4 is 10.2 Å². The van der Waals surface area contributed by atoms with Crippen LogP contribution < -0.4 is 0 Å². The van der Waals surface area contributed by atoms with E-state index in [0.717, 1.165) is 6.08 Å². The van der Waals surface area contributed by atoms with Crippen molar-refractivity contribution in [3.05, 3.63) is 18.4 Å². The molecule has 0 aromatic rings. The second-order valence-electron chi connectivity index (χ2n) is 0.847. The minimum Gasteiger partial charge on any atom is -0.194 e. The minimum atomic E-state index is -4.42. The first-order valence-electron chi connectivity index (χ1n) is 1.46. The molecule has 0 saturated heterocycles. The number of hydrogen-bond acceptors (Lipinski definition) is 2. The van der Waals surface area contributed by atoms with Gasteiger partial charge in [0.15, 0.2) is 0 Å². The highest BCUT2D eigenvalue weighted by atomic mass is 32.3. The average molecular weight is 123 g/mol. The Labute approximate surface area is 41.9 Å². The van der Waals surface area contributed by atoms with E-state index in [2.05, 4.69) is 6.58 Å². The van der Waals surface area contributed by atoms with Crippen molar-refractivity contribution in [3.63, 3.8) is 0 Å². The topological polar surface area (TPSA) is 34.1 Å². The zero-order valence-electron chi connectivity index (χ0n) is 3.46. The largest absolute Gasteiger partial charge is 0.310 e. The predicted molar refractivity (Wildman–Crippen MR) is 24.5 cm³/mol. The Hall–Kier alpha value is -0.380. The Bertz CT molecular complexity index is 146. The maximum absolute atomic E-state index is 11.2. The first-order valence-corrected chi connectivity index (χ1v) is 2.91. The molecule has 0 unspecified atom stereocenters. The summed E-state index contributed by atoms with van der Waals surface area (Å²) in [4.78, 5) is 0. The zero-order chi connectivity index (χ0) is 5.91. The molecule has 0 aromatic carbocycles. The Morgan fingerprint density at radius 3 is 2.00 bits per heavy atom. The van der Waals surface area contributed by atoms with Crippen molar-refractivity contribution < 1.29 is 12.3 Å². The molecule has 2 nitrogen and oxygen atoms in total. The van der Waals surface area contributed by atoms with Gasteiger partial charge < -0.3 is 0 Å². The van der Waals surface area contributed by atoms with Crippen LogP contribution >= 0.6 is 0 Å². The third-order valence-electron chi connectivity index (χ3n) is 0.259. The van der Waals surface area contributed by atoms with E-state index >= 15 is 0 Å². The van der Waals surface area contributed by atoms with Gasteiger partial charge in [-0.25, -0.2) is 0 Å². The van der Waals surface area contributed by atoms with E-state index in [1.807, 2.05) is 0 Å². The highest BCUT2D eigenvalue weighted by Gasteiger charge is 2.00. The van der Waals surface area contributed by atoms with E-state index in [4.69, 9.17) is 0 Å². The lowest BCUT2D eigenvalue weighted by molar-refractivity contribution is 0.560. The Morgan fingerprint density at radius 1 is 1.57 bits per heavy atom. The standard InChI is InChI=1S/C3H4FO2S/c1-2-3-7(4,5)6/h2-3H,1H2. The maximum atomic E-state index is 11.2. The van der Waals surface area contributed by atoms with E-state index in [1.54, 1.807) is 0 Å². The first-order chi connectivity index (χ1) is 3.06. The van der Waals surface area contributed by atoms with Gasteiger partial charge in [0.1, 0.15) is 5.75 Å². The predicted octanol–water partition coefficient (Wildman–Crippen LogP) is 0.633. The summed E-state index contributed by atoms with van der Waals surface area (Å²) < 4.78 is 30.1. The Morgan fingerprint density at radius 2 is 2.00 bits per heavy atom. The summed E-state index contributed by atoms with van der Waals surface area (Å²) >= 11 is 0. The van der Waals surface area contributed by atoms with Crippen LogP contribution in [0.1, 0.15) is 0 Å². The first kappa shape index (κ1) is 6.62. The lowest BCUT2D eigenvalue weighted by atomic mass is 10.8. The lowest BCUT2D eigenvalue weighted by Gasteiger charge is -1.77.